The van der Waals surface area contributed by atoms with Crippen molar-refractivity contribution in [2.24, 2.45) is 0 Å². The number of carboxylic acid groups (broad SMARTS) is 1. The average Bonchev–Trinajstić information content (AvgIpc) is 3.24. The number of carbonyl (C=O) groups is 3. The highest BCUT2D eigenvalue weighted by molar-refractivity contribution is 7.15. The minimum atomic E-state index is -4.67. The van der Waals surface area contributed by atoms with E-state index in [2.05, 4.69) is 20.8 Å². The number of halogens is 4. The zero-order valence-corrected chi connectivity index (χ0v) is 15.8. The number of anilines is 1. The number of hydrogen-bond acceptors (Lipinski definition) is 6. The van der Waals surface area contributed by atoms with E-state index in [9.17, 15) is 31.9 Å². The predicted octanol–water partition coefficient (Wildman–Crippen LogP) is 2.04. The number of rotatable bonds is 6. The number of nitrogens with zero attached hydrogens (tertiary/aromatic N) is 3. The van der Waals surface area contributed by atoms with Gasteiger partial charge in [0.05, 0.1) is 6.54 Å². The van der Waals surface area contributed by atoms with Crippen LogP contribution in [-0.2, 0) is 15.8 Å². The van der Waals surface area contributed by atoms with E-state index in [1.54, 1.807) is 6.92 Å². The van der Waals surface area contributed by atoms with E-state index >= 15 is 0 Å². The van der Waals surface area contributed by atoms with Crippen LogP contribution in [0.5, 0.6) is 0 Å². The zero-order valence-electron chi connectivity index (χ0n) is 14.9. The largest absolute Gasteiger partial charge is 0.465 e. The molecular weight excluding hydrogens is 422 g/mol. The van der Waals surface area contributed by atoms with Crippen LogP contribution in [0.4, 0.5) is 27.5 Å². The molecule has 1 aliphatic heterocycles. The number of aromatic nitrogens is 2. The number of hydrogen-bond donors (Lipinski definition) is 3. The molecule has 1 aromatic rings. The first kappa shape index (κ1) is 22.5. The molecule has 29 heavy (non-hydrogen) atoms. The van der Waals surface area contributed by atoms with Gasteiger partial charge >= 0.3 is 12.3 Å². The summed E-state index contributed by atoms with van der Waals surface area (Å²) in [5.41, 5.74) is 0. The van der Waals surface area contributed by atoms with E-state index in [-0.39, 0.29) is 22.9 Å². The van der Waals surface area contributed by atoms with E-state index in [4.69, 9.17) is 5.11 Å². The second-order valence-corrected chi connectivity index (χ2v) is 7.04. The molecule has 9 nitrogen and oxygen atoms in total. The monoisotopic (exact) mass is 439 g/mol. The standard InChI is InChI=1S/C15H17F4N5O4S/c1-2-8(20-11(26)9-5-7(16)6-24(9)14(27)28)3-4-10(25)21-13-23-22-12(29-13)15(17,18)19/h3-4,7-9H,2,5-6H2,1H3,(H,20,26)(H,27,28)(H,21,23,25)/b4-3+/t7-,8-,9-/m0/s1. The molecule has 0 saturated carbocycles. The van der Waals surface area contributed by atoms with Gasteiger partial charge < -0.3 is 10.4 Å². The van der Waals surface area contributed by atoms with Crippen LogP contribution >= 0.6 is 11.3 Å². The molecule has 0 unspecified atom stereocenters. The van der Waals surface area contributed by atoms with Crippen molar-refractivity contribution >= 4 is 34.4 Å². The fourth-order valence-corrected chi connectivity index (χ4v) is 3.16. The Morgan fingerprint density at radius 1 is 1.38 bits per heavy atom. The van der Waals surface area contributed by atoms with Gasteiger partial charge in [-0.25, -0.2) is 9.18 Å². The molecule has 1 fully saturated rings. The van der Waals surface area contributed by atoms with Crippen LogP contribution in [0, 0.1) is 0 Å². The summed E-state index contributed by atoms with van der Waals surface area (Å²) in [4.78, 5) is 35.9. The Labute approximate surface area is 165 Å². The maximum absolute atomic E-state index is 13.5. The lowest BCUT2D eigenvalue weighted by molar-refractivity contribution is -0.138. The Morgan fingerprint density at radius 2 is 2.07 bits per heavy atom. The van der Waals surface area contributed by atoms with E-state index in [1.165, 1.54) is 6.08 Å². The smallest absolute Gasteiger partial charge is 0.445 e. The van der Waals surface area contributed by atoms with Gasteiger partial charge in [-0.1, -0.05) is 24.3 Å². The molecule has 2 rings (SSSR count). The summed E-state index contributed by atoms with van der Waals surface area (Å²) in [6, 6.07) is -1.86. The second kappa shape index (κ2) is 9.15. The van der Waals surface area contributed by atoms with E-state index in [0.717, 1.165) is 6.08 Å². The number of nitrogens with one attached hydrogen (secondary N) is 2. The number of likely N-dealkylation sites (tertiary alicyclic amines) is 1. The van der Waals surface area contributed by atoms with Crippen molar-refractivity contribution in [3.8, 4) is 0 Å². The van der Waals surface area contributed by atoms with Crippen molar-refractivity contribution in [3.63, 3.8) is 0 Å². The van der Waals surface area contributed by atoms with E-state index < -0.39 is 53.9 Å². The molecule has 3 N–H and O–H groups in total. The molecule has 3 atom stereocenters. The highest BCUT2D eigenvalue weighted by Gasteiger charge is 2.40. The molecule has 1 aromatic heterocycles. The maximum Gasteiger partial charge on any atom is 0.445 e. The van der Waals surface area contributed by atoms with Gasteiger partial charge in [0, 0.05) is 18.5 Å². The van der Waals surface area contributed by atoms with Gasteiger partial charge in [0.2, 0.25) is 22.0 Å². The molecule has 1 aliphatic rings. The molecule has 1 saturated heterocycles. The van der Waals surface area contributed by atoms with Crippen molar-refractivity contribution in [2.75, 3.05) is 11.9 Å². The summed E-state index contributed by atoms with van der Waals surface area (Å²) < 4.78 is 50.9. The Bertz CT molecular complexity index is 800. The van der Waals surface area contributed by atoms with Crippen molar-refractivity contribution in [1.82, 2.24) is 20.4 Å². The molecule has 0 aliphatic carbocycles. The Balaban J connectivity index is 1.93. The predicted molar refractivity (Wildman–Crippen MR) is 92.9 cm³/mol. The van der Waals surface area contributed by atoms with E-state index in [1.807, 2.05) is 0 Å². The van der Waals surface area contributed by atoms with Crippen LogP contribution < -0.4 is 10.6 Å². The fourth-order valence-electron chi connectivity index (χ4n) is 2.55. The second-order valence-electron chi connectivity index (χ2n) is 6.07. The molecular formula is C15H17F4N5O4S. The van der Waals surface area contributed by atoms with Crippen LogP contribution in [0.25, 0.3) is 0 Å². The number of carbonyl (C=O) groups excluding carboxylic acids is 2. The molecule has 0 radical (unpaired) electrons. The maximum atomic E-state index is 13.5. The van der Waals surface area contributed by atoms with Gasteiger partial charge in [-0.3, -0.25) is 19.8 Å². The lowest BCUT2D eigenvalue weighted by Gasteiger charge is -2.22. The Morgan fingerprint density at radius 3 is 2.62 bits per heavy atom. The van der Waals surface area contributed by atoms with Crippen molar-refractivity contribution < 1.29 is 37.1 Å². The molecule has 14 heteroatoms. The minimum absolute atomic E-state index is 0.159. The molecule has 0 aromatic carbocycles. The lowest BCUT2D eigenvalue weighted by atomic mass is 10.1. The van der Waals surface area contributed by atoms with Gasteiger partial charge in [-0.2, -0.15) is 13.2 Å². The number of alkyl halides is 4. The molecule has 2 heterocycles. The Kier molecular flexibility index (Phi) is 7.11. The van der Waals surface area contributed by atoms with Crippen molar-refractivity contribution in [2.45, 2.75) is 44.2 Å². The third-order valence-corrected chi connectivity index (χ3v) is 4.83. The Hall–Kier alpha value is -2.77. The topological polar surface area (TPSA) is 125 Å². The highest BCUT2D eigenvalue weighted by atomic mass is 32.1. The SMILES string of the molecule is CC[C@@H](/C=C/C(=O)Nc1nnc(C(F)(F)F)s1)NC(=O)[C@@H]1C[C@H](F)CN1C(=O)O. The first-order valence-electron chi connectivity index (χ1n) is 8.35. The molecule has 160 valence electrons. The van der Waals surface area contributed by atoms with Crippen LogP contribution in [0.1, 0.15) is 24.8 Å². The van der Waals surface area contributed by atoms with Gasteiger partial charge in [-0.15, -0.1) is 10.2 Å². The third kappa shape index (κ3) is 6.10. The van der Waals surface area contributed by atoms with Gasteiger partial charge in [0.25, 0.3) is 0 Å². The van der Waals surface area contributed by atoms with E-state index in [0.29, 0.717) is 11.3 Å². The minimum Gasteiger partial charge on any atom is -0.465 e. The summed E-state index contributed by atoms with van der Waals surface area (Å²) in [5, 5.41) is 18.3. The summed E-state index contributed by atoms with van der Waals surface area (Å²) in [6.45, 7) is 1.28. The fraction of sp³-hybridized carbons (Fsp3) is 0.533. The van der Waals surface area contributed by atoms with Crippen LogP contribution in [-0.4, -0.2) is 62.9 Å². The van der Waals surface area contributed by atoms with Gasteiger partial charge in [0.1, 0.15) is 12.2 Å². The summed E-state index contributed by atoms with van der Waals surface area (Å²) in [6.07, 6.45) is -5.20. The summed E-state index contributed by atoms with van der Waals surface area (Å²) in [5.74, 6) is -1.50. The third-order valence-electron chi connectivity index (χ3n) is 3.94. The first-order chi connectivity index (χ1) is 13.5. The summed E-state index contributed by atoms with van der Waals surface area (Å²) in [7, 11) is 0. The van der Waals surface area contributed by atoms with Crippen molar-refractivity contribution in [3.05, 3.63) is 17.2 Å². The highest BCUT2D eigenvalue weighted by Crippen LogP contribution is 2.32. The van der Waals surface area contributed by atoms with Crippen LogP contribution in [0.15, 0.2) is 12.2 Å². The molecule has 0 spiro atoms. The number of amides is 3. The normalized spacial score (nSPS) is 20.7. The summed E-state index contributed by atoms with van der Waals surface area (Å²) >= 11 is 0.159. The van der Waals surface area contributed by atoms with Crippen LogP contribution in [0.2, 0.25) is 0 Å². The van der Waals surface area contributed by atoms with Crippen LogP contribution in [0.3, 0.4) is 0 Å². The lowest BCUT2D eigenvalue weighted by Crippen LogP contribution is -2.48. The first-order valence-corrected chi connectivity index (χ1v) is 9.16. The molecule has 0 bridgehead atoms. The van der Waals surface area contributed by atoms with Gasteiger partial charge in [-0.05, 0) is 6.42 Å². The average molecular weight is 439 g/mol. The van der Waals surface area contributed by atoms with Crippen molar-refractivity contribution in [1.29, 1.82) is 0 Å². The zero-order chi connectivity index (χ0) is 21.8. The molecule has 3 amide bonds. The quantitative estimate of drug-likeness (QED) is 0.460. The van der Waals surface area contributed by atoms with Gasteiger partial charge in [0.15, 0.2) is 0 Å².